The van der Waals surface area contributed by atoms with Crippen LogP contribution in [0.2, 0.25) is 0 Å². The third kappa shape index (κ3) is 33.5. The number of piperidine rings is 2. The summed E-state index contributed by atoms with van der Waals surface area (Å²) in [7, 11) is 4.39. The average Bonchev–Trinajstić information content (AvgIpc) is 2.68. The van der Waals surface area contributed by atoms with Crippen LogP contribution in [0.5, 0.6) is 0 Å². The van der Waals surface area contributed by atoms with Gasteiger partial charge in [-0.1, -0.05) is 77.5 Å². The van der Waals surface area contributed by atoms with E-state index in [2.05, 4.69) is 80.1 Å². The Morgan fingerprint density at radius 1 is 0.889 bits per heavy atom. The third-order valence-electron chi connectivity index (χ3n) is 4.02. The van der Waals surface area contributed by atoms with Crippen LogP contribution in [-0.4, -0.2) is 55.0 Å². The number of likely N-dealkylation sites (tertiary alicyclic amines) is 2. The molecule has 27 heavy (non-hydrogen) atoms. The fraction of sp³-hybridized carbons (Fsp3) is 0.952. The SMILES string of the molecule is C.CC.CC.CCC1CCCN(C)C1.CI.[CH2-]C1CCCN(C)C1.[Zn+][I].[Zn]. The van der Waals surface area contributed by atoms with Gasteiger partial charge in [0.2, 0.25) is 0 Å². The molecule has 2 nitrogen and oxygen atoms in total. The van der Waals surface area contributed by atoms with E-state index in [1.54, 1.807) is 0 Å². The van der Waals surface area contributed by atoms with Crippen molar-refractivity contribution in [3.63, 3.8) is 0 Å². The maximum absolute atomic E-state index is 4.01. The molecule has 0 aromatic rings. The van der Waals surface area contributed by atoms with Gasteiger partial charge >= 0.3 is 34.5 Å². The maximum Gasteiger partial charge on any atom is 0 e. The molecule has 2 saturated heterocycles. The average molecular weight is 715 g/mol. The first-order valence-corrected chi connectivity index (χ1v) is 21.2. The third-order valence-corrected chi connectivity index (χ3v) is 4.02. The largest absolute Gasteiger partial charge is 0 e. The number of nitrogens with zero attached hydrogens (tertiary/aromatic N) is 2. The number of rotatable bonds is 1. The first-order chi connectivity index (χ1) is 12.1. The maximum atomic E-state index is 4.01. The fourth-order valence-electron chi connectivity index (χ4n) is 2.88. The Hall–Kier alpha value is 2.63. The molecule has 0 amide bonds. The van der Waals surface area contributed by atoms with Crippen LogP contribution in [0.15, 0.2) is 0 Å². The summed E-state index contributed by atoms with van der Waals surface area (Å²) in [6.07, 6.45) is 6.90. The standard InChI is InChI=1S/C8H17N.C7H14N.2C2H6.CH3I.CH4.HI.2Zn/c1-3-8-5-4-6-9(2)7-8;1-7-4-3-5-8(2)6-7;3*1-2;;;;/h8H,3-7H2,1-2H3;7H,1,3-6H2,2H3;2*1-2H3;1H3;1H4;1H;;/q;-1;;;;;;;+2/p-1. The van der Waals surface area contributed by atoms with Crippen LogP contribution >= 0.6 is 42.3 Å². The summed E-state index contributed by atoms with van der Waals surface area (Å²) < 4.78 is 0. The zero-order chi connectivity index (χ0) is 20.7. The van der Waals surface area contributed by atoms with Crippen molar-refractivity contribution in [3.8, 4) is 0 Å². The molecule has 0 radical (unpaired) electrons. The molecule has 0 aliphatic carbocycles. The first-order valence-electron chi connectivity index (χ1n) is 9.96. The number of hydrogen-bond donors (Lipinski definition) is 0. The second-order valence-corrected chi connectivity index (χ2v) is 5.95. The van der Waals surface area contributed by atoms with Gasteiger partial charge in [-0.15, -0.1) is 0 Å². The minimum Gasteiger partial charge on any atom is 0 e. The Balaban J connectivity index is -0.0000000568. The van der Waals surface area contributed by atoms with E-state index in [1.165, 1.54) is 73.1 Å². The van der Waals surface area contributed by atoms with Gasteiger partial charge in [0.1, 0.15) is 0 Å². The van der Waals surface area contributed by atoms with Crippen LogP contribution in [0.1, 0.15) is 74.1 Å². The van der Waals surface area contributed by atoms with E-state index in [-0.39, 0.29) is 26.9 Å². The van der Waals surface area contributed by atoms with Crippen LogP contribution < -0.4 is 0 Å². The molecule has 0 bridgehead atoms. The van der Waals surface area contributed by atoms with Crippen molar-refractivity contribution in [2.45, 2.75) is 74.1 Å². The quantitative estimate of drug-likeness (QED) is 0.120. The fourth-order valence-corrected chi connectivity index (χ4v) is 2.88. The summed E-state index contributed by atoms with van der Waals surface area (Å²) in [5, 5.41) is 0. The van der Waals surface area contributed by atoms with E-state index in [0.717, 1.165) is 5.92 Å². The zero-order valence-electron chi connectivity index (χ0n) is 19.3. The van der Waals surface area contributed by atoms with Gasteiger partial charge in [-0.25, -0.2) is 0 Å². The molecule has 162 valence electrons. The number of alkyl halides is 1. The summed E-state index contributed by atoms with van der Waals surface area (Å²) in [4.78, 5) is 6.76. The Bertz CT molecular complexity index is 207. The normalized spacial score (nSPS) is 20.9. The van der Waals surface area contributed by atoms with E-state index < -0.39 is 0 Å². The molecule has 2 aliphatic rings. The van der Waals surface area contributed by atoms with Gasteiger partial charge in [0, 0.05) is 26.0 Å². The van der Waals surface area contributed by atoms with Crippen molar-refractivity contribution in [2.24, 2.45) is 11.8 Å². The molecular formula is C21H50I2N2Zn2. The Labute approximate surface area is 222 Å². The van der Waals surface area contributed by atoms with Gasteiger partial charge in [-0.3, -0.25) is 0 Å². The van der Waals surface area contributed by atoms with Crippen molar-refractivity contribution >= 4 is 42.3 Å². The van der Waals surface area contributed by atoms with Crippen LogP contribution in [0.25, 0.3) is 0 Å². The molecule has 0 N–H and O–H groups in total. The molecule has 6 heteroatoms. The van der Waals surface area contributed by atoms with Gasteiger partial charge in [0.05, 0.1) is 0 Å². The van der Waals surface area contributed by atoms with Crippen molar-refractivity contribution in [1.29, 1.82) is 0 Å². The van der Waals surface area contributed by atoms with Crippen LogP contribution in [0.4, 0.5) is 0 Å². The molecule has 2 heterocycles. The summed E-state index contributed by atoms with van der Waals surface area (Å²) in [5.41, 5.74) is 0. The van der Waals surface area contributed by atoms with E-state index in [1.807, 2.05) is 32.6 Å². The topological polar surface area (TPSA) is 6.48 Å². The van der Waals surface area contributed by atoms with Crippen LogP contribution in [0.3, 0.4) is 0 Å². The number of hydrogen-bond acceptors (Lipinski definition) is 2. The molecule has 2 fully saturated rings. The Morgan fingerprint density at radius 2 is 1.26 bits per heavy atom. The predicted octanol–water partition coefficient (Wildman–Crippen LogP) is 7.52. The molecule has 2 rings (SSSR count). The van der Waals surface area contributed by atoms with Gasteiger partial charge in [-0.05, 0) is 63.8 Å². The minimum absolute atomic E-state index is 0. The monoisotopic (exact) mass is 712 g/mol. The van der Waals surface area contributed by atoms with Crippen molar-refractivity contribution in [1.82, 2.24) is 9.80 Å². The van der Waals surface area contributed by atoms with E-state index in [9.17, 15) is 0 Å². The van der Waals surface area contributed by atoms with Crippen LogP contribution in [-0.2, 0) is 34.3 Å². The molecule has 0 spiro atoms. The molecular weight excluding hydrogens is 665 g/mol. The van der Waals surface area contributed by atoms with Gasteiger partial charge < -0.3 is 16.7 Å². The molecule has 2 unspecified atom stereocenters. The molecule has 2 atom stereocenters. The van der Waals surface area contributed by atoms with Gasteiger partial charge in [0.25, 0.3) is 0 Å². The van der Waals surface area contributed by atoms with Gasteiger partial charge in [0.15, 0.2) is 0 Å². The summed E-state index contributed by atoms with van der Waals surface area (Å²) in [6.45, 7) is 19.4. The summed E-state index contributed by atoms with van der Waals surface area (Å²) in [6, 6.07) is 0. The Kier molecular flexibility index (Phi) is 63.0. The van der Waals surface area contributed by atoms with E-state index in [4.69, 9.17) is 0 Å². The second-order valence-electron chi connectivity index (χ2n) is 5.95. The minimum atomic E-state index is 0. The van der Waals surface area contributed by atoms with Crippen molar-refractivity contribution in [2.75, 3.05) is 45.2 Å². The zero-order valence-corrected chi connectivity index (χ0v) is 29.5. The smallest absolute Gasteiger partial charge is 0 e. The Morgan fingerprint density at radius 3 is 1.48 bits per heavy atom. The molecule has 0 aromatic carbocycles. The first kappa shape index (κ1) is 43.5. The number of halogens is 2. The van der Waals surface area contributed by atoms with E-state index >= 15 is 0 Å². The van der Waals surface area contributed by atoms with E-state index in [0.29, 0.717) is 5.92 Å². The second kappa shape index (κ2) is 39.1. The van der Waals surface area contributed by atoms with Gasteiger partial charge in [-0.2, -0.15) is 5.92 Å². The summed E-state index contributed by atoms with van der Waals surface area (Å²) >= 11 is 5.77. The van der Waals surface area contributed by atoms with Crippen molar-refractivity contribution < 1.29 is 34.3 Å². The predicted molar refractivity (Wildman–Crippen MR) is 139 cm³/mol. The van der Waals surface area contributed by atoms with Crippen LogP contribution in [0, 0.1) is 18.8 Å². The molecule has 0 aromatic heterocycles. The van der Waals surface area contributed by atoms with Crippen molar-refractivity contribution in [3.05, 3.63) is 6.92 Å². The summed E-state index contributed by atoms with van der Waals surface area (Å²) in [5.74, 6) is 1.68. The molecule has 2 aliphatic heterocycles. The molecule has 0 saturated carbocycles.